The number of nitrogens with one attached hydrogen (secondary N) is 2. The number of halogens is 1. The number of benzene rings is 2. The molecular weight excluding hydrogens is 429 g/mol. The van der Waals surface area contributed by atoms with Gasteiger partial charge in [0.15, 0.2) is 0 Å². The van der Waals surface area contributed by atoms with Gasteiger partial charge in [0, 0.05) is 30.4 Å². The Balaban J connectivity index is 1.32. The Kier molecular flexibility index (Phi) is 6.45. The highest BCUT2D eigenvalue weighted by atomic mass is 32.1. The summed E-state index contributed by atoms with van der Waals surface area (Å²) in [7, 11) is 0. The minimum atomic E-state index is -0.422. The van der Waals surface area contributed by atoms with Crippen molar-refractivity contribution in [2.24, 2.45) is 0 Å². The molecule has 4 rings (SSSR count). The molecule has 166 valence electrons. The normalized spacial score (nSPS) is 14.3. The number of hydrogen-bond donors (Lipinski definition) is 2. The van der Waals surface area contributed by atoms with Gasteiger partial charge in [0.1, 0.15) is 10.8 Å². The van der Waals surface area contributed by atoms with E-state index < -0.39 is 11.7 Å². The average molecular weight is 454 g/mol. The Morgan fingerprint density at radius 1 is 1.06 bits per heavy atom. The van der Waals surface area contributed by atoms with Crippen LogP contribution < -0.4 is 10.6 Å². The third kappa shape index (κ3) is 4.94. The number of aromatic nitrogens is 2. The van der Waals surface area contributed by atoms with Crippen molar-refractivity contribution in [2.45, 2.75) is 32.6 Å². The minimum absolute atomic E-state index is 0.107. The number of amides is 3. The molecule has 0 unspecified atom stereocenters. The van der Waals surface area contributed by atoms with E-state index in [9.17, 15) is 14.0 Å². The fourth-order valence-corrected chi connectivity index (χ4v) is 4.56. The molecule has 1 aliphatic heterocycles. The first-order chi connectivity index (χ1) is 15.4. The van der Waals surface area contributed by atoms with E-state index >= 15 is 0 Å². The number of rotatable bonds is 4. The van der Waals surface area contributed by atoms with Gasteiger partial charge in [0.2, 0.25) is 5.01 Å². The van der Waals surface area contributed by atoms with Gasteiger partial charge in [0.25, 0.3) is 5.91 Å². The minimum Gasteiger partial charge on any atom is -0.324 e. The van der Waals surface area contributed by atoms with Crippen LogP contribution in [0.3, 0.4) is 0 Å². The maximum absolute atomic E-state index is 13.3. The summed E-state index contributed by atoms with van der Waals surface area (Å²) in [5.41, 5.74) is 3.40. The molecule has 1 aliphatic rings. The molecule has 2 N–H and O–H groups in total. The van der Waals surface area contributed by atoms with Crippen LogP contribution in [0.1, 0.15) is 44.7 Å². The van der Waals surface area contributed by atoms with Crippen LogP contribution in [0.2, 0.25) is 0 Å². The molecule has 2 heterocycles. The maximum atomic E-state index is 13.3. The topological polar surface area (TPSA) is 87.2 Å². The van der Waals surface area contributed by atoms with E-state index in [2.05, 4.69) is 20.8 Å². The zero-order chi connectivity index (χ0) is 22.7. The van der Waals surface area contributed by atoms with Crippen LogP contribution in [0.5, 0.6) is 0 Å². The highest BCUT2D eigenvalue weighted by Crippen LogP contribution is 2.31. The van der Waals surface area contributed by atoms with E-state index in [1.165, 1.54) is 29.5 Å². The van der Waals surface area contributed by atoms with Gasteiger partial charge in [-0.3, -0.25) is 4.79 Å². The van der Waals surface area contributed by atoms with Crippen LogP contribution in [0.25, 0.3) is 0 Å². The number of carbonyl (C=O) groups is 2. The van der Waals surface area contributed by atoms with Crippen molar-refractivity contribution in [1.82, 2.24) is 15.1 Å². The third-order valence-corrected chi connectivity index (χ3v) is 6.78. The molecule has 3 amide bonds. The molecular formula is C23H24FN5O2S. The van der Waals surface area contributed by atoms with Gasteiger partial charge >= 0.3 is 6.03 Å². The molecule has 2 aromatic carbocycles. The van der Waals surface area contributed by atoms with Crippen LogP contribution in [0.4, 0.5) is 20.6 Å². The summed E-state index contributed by atoms with van der Waals surface area (Å²) in [5.74, 6) is -0.688. The van der Waals surface area contributed by atoms with Gasteiger partial charge in [0.05, 0.1) is 0 Å². The van der Waals surface area contributed by atoms with Gasteiger partial charge in [-0.1, -0.05) is 29.5 Å². The summed E-state index contributed by atoms with van der Waals surface area (Å²) in [5, 5.41) is 14.9. The lowest BCUT2D eigenvalue weighted by atomic mass is 9.98. The van der Waals surface area contributed by atoms with E-state index in [0.29, 0.717) is 18.8 Å². The molecule has 1 saturated heterocycles. The van der Waals surface area contributed by atoms with Crippen molar-refractivity contribution in [3.63, 3.8) is 0 Å². The van der Waals surface area contributed by atoms with E-state index in [-0.39, 0.29) is 17.0 Å². The molecule has 3 aromatic rings. The Morgan fingerprint density at radius 3 is 2.56 bits per heavy atom. The lowest BCUT2D eigenvalue weighted by molar-refractivity contribution is 0.102. The smallest absolute Gasteiger partial charge is 0.321 e. The largest absolute Gasteiger partial charge is 0.324 e. The first kappa shape index (κ1) is 21.9. The second-order valence-corrected chi connectivity index (χ2v) is 8.86. The number of piperidine rings is 1. The molecule has 1 fully saturated rings. The van der Waals surface area contributed by atoms with Crippen LogP contribution in [-0.2, 0) is 0 Å². The fourth-order valence-electron chi connectivity index (χ4n) is 3.65. The Morgan fingerprint density at radius 2 is 1.81 bits per heavy atom. The van der Waals surface area contributed by atoms with E-state index in [1.807, 2.05) is 32.0 Å². The standard InChI is InChI=1S/C23H24FN5O2S/c1-14-5-3-8-19(15(14)2)26-23(31)29-11-9-16(10-12-29)21-27-28-22(32-21)20(30)25-18-7-4-6-17(24)13-18/h3-8,13,16H,9-12H2,1-2H3,(H,25,30)(H,26,31). The Hall–Kier alpha value is -3.33. The van der Waals surface area contributed by atoms with Gasteiger partial charge in [-0.15, -0.1) is 10.2 Å². The lowest BCUT2D eigenvalue weighted by Gasteiger charge is -2.31. The third-order valence-electron chi connectivity index (χ3n) is 5.69. The molecule has 0 bridgehead atoms. The van der Waals surface area contributed by atoms with Crippen LogP contribution in [-0.4, -0.2) is 40.1 Å². The maximum Gasteiger partial charge on any atom is 0.321 e. The van der Waals surface area contributed by atoms with E-state index in [1.54, 1.807) is 11.0 Å². The van der Waals surface area contributed by atoms with Crippen LogP contribution >= 0.6 is 11.3 Å². The summed E-state index contributed by atoms with van der Waals surface area (Å²) in [6.07, 6.45) is 1.50. The Bertz CT molecular complexity index is 1140. The van der Waals surface area contributed by atoms with E-state index in [0.717, 1.165) is 34.7 Å². The zero-order valence-electron chi connectivity index (χ0n) is 17.9. The average Bonchev–Trinajstić information content (AvgIpc) is 3.28. The van der Waals surface area contributed by atoms with Crippen molar-refractivity contribution in [3.05, 3.63) is 69.4 Å². The van der Waals surface area contributed by atoms with Crippen LogP contribution in [0.15, 0.2) is 42.5 Å². The van der Waals surface area contributed by atoms with Crippen molar-refractivity contribution in [3.8, 4) is 0 Å². The van der Waals surface area contributed by atoms with Gasteiger partial charge < -0.3 is 15.5 Å². The van der Waals surface area contributed by atoms with Crippen molar-refractivity contribution in [2.75, 3.05) is 23.7 Å². The summed E-state index contributed by atoms with van der Waals surface area (Å²) >= 11 is 1.24. The summed E-state index contributed by atoms with van der Waals surface area (Å²) in [6, 6.07) is 11.5. The van der Waals surface area contributed by atoms with Crippen molar-refractivity contribution >= 4 is 34.6 Å². The molecule has 0 atom stereocenters. The molecule has 0 saturated carbocycles. The summed E-state index contributed by atoms with van der Waals surface area (Å²) < 4.78 is 13.3. The lowest BCUT2D eigenvalue weighted by Crippen LogP contribution is -2.40. The van der Waals surface area contributed by atoms with Gasteiger partial charge in [-0.25, -0.2) is 9.18 Å². The van der Waals surface area contributed by atoms with Crippen LogP contribution in [0, 0.1) is 19.7 Å². The number of nitrogens with zero attached hydrogens (tertiary/aromatic N) is 3. The number of urea groups is 1. The number of anilines is 2. The zero-order valence-corrected chi connectivity index (χ0v) is 18.7. The predicted molar refractivity (Wildman–Crippen MR) is 123 cm³/mol. The number of carbonyl (C=O) groups excluding carboxylic acids is 2. The Labute approximate surface area is 189 Å². The molecule has 7 nitrogen and oxygen atoms in total. The van der Waals surface area contributed by atoms with Crippen molar-refractivity contribution < 1.29 is 14.0 Å². The monoisotopic (exact) mass is 453 g/mol. The summed E-state index contributed by atoms with van der Waals surface area (Å²) in [4.78, 5) is 26.9. The fraction of sp³-hybridized carbons (Fsp3) is 0.304. The second-order valence-electron chi connectivity index (χ2n) is 7.85. The second kappa shape index (κ2) is 9.44. The number of aryl methyl sites for hydroxylation is 1. The predicted octanol–water partition coefficient (Wildman–Crippen LogP) is 4.96. The van der Waals surface area contributed by atoms with Gasteiger partial charge in [-0.2, -0.15) is 0 Å². The molecule has 0 spiro atoms. The van der Waals surface area contributed by atoms with Crippen molar-refractivity contribution in [1.29, 1.82) is 0 Å². The molecule has 0 aliphatic carbocycles. The number of hydrogen-bond acceptors (Lipinski definition) is 5. The first-order valence-electron chi connectivity index (χ1n) is 10.4. The molecule has 32 heavy (non-hydrogen) atoms. The molecule has 1 aromatic heterocycles. The summed E-state index contributed by atoms with van der Waals surface area (Å²) in [6.45, 7) is 5.22. The molecule has 9 heteroatoms. The molecule has 0 radical (unpaired) electrons. The SMILES string of the molecule is Cc1cccc(NC(=O)N2CCC(c3nnc(C(=O)Nc4cccc(F)c4)s3)CC2)c1C. The first-order valence-corrected chi connectivity index (χ1v) is 11.2. The van der Waals surface area contributed by atoms with Gasteiger partial charge in [-0.05, 0) is 62.1 Å². The highest BCUT2D eigenvalue weighted by Gasteiger charge is 2.27. The quantitative estimate of drug-likeness (QED) is 0.585. The van der Waals surface area contributed by atoms with E-state index in [4.69, 9.17) is 0 Å². The number of likely N-dealkylation sites (tertiary alicyclic amines) is 1. The highest BCUT2D eigenvalue weighted by molar-refractivity contribution is 7.13.